The van der Waals surface area contributed by atoms with Crippen LogP contribution in [0.5, 0.6) is 0 Å². The van der Waals surface area contributed by atoms with Gasteiger partial charge in [0, 0.05) is 12.8 Å². The van der Waals surface area contributed by atoms with Crippen LogP contribution in [-0.4, -0.2) is 27.0 Å². The first-order chi connectivity index (χ1) is 7.90. The Balaban J connectivity index is 2.34. The molecule has 1 aromatic rings. The van der Waals surface area contributed by atoms with Crippen molar-refractivity contribution in [1.82, 2.24) is 5.32 Å². The van der Waals surface area contributed by atoms with Crippen molar-refractivity contribution in [3.63, 3.8) is 0 Å². The Morgan fingerprint density at radius 1 is 1.29 bits per heavy atom. The molecule has 0 aliphatic heterocycles. The summed E-state index contributed by atoms with van der Waals surface area (Å²) in [5.41, 5.74) is 0.915. The van der Waals surface area contributed by atoms with Crippen LogP contribution in [0.3, 0.4) is 0 Å². The van der Waals surface area contributed by atoms with Crippen LogP contribution in [0.25, 0.3) is 0 Å². The van der Waals surface area contributed by atoms with Crippen molar-refractivity contribution in [1.29, 1.82) is 0 Å². The van der Waals surface area contributed by atoms with Crippen LogP contribution in [0, 0.1) is 0 Å². The zero-order chi connectivity index (χ0) is 12.9. The van der Waals surface area contributed by atoms with Crippen molar-refractivity contribution < 1.29 is 8.42 Å². The van der Waals surface area contributed by atoms with Gasteiger partial charge in [-0.2, -0.15) is 0 Å². The second kappa shape index (κ2) is 6.59. The maximum Gasteiger partial charge on any atom is 0.147 e. The summed E-state index contributed by atoms with van der Waals surface area (Å²) in [6.45, 7) is 1.22. The van der Waals surface area contributed by atoms with Gasteiger partial charge >= 0.3 is 0 Å². The quantitative estimate of drug-likeness (QED) is 0.821. The van der Waals surface area contributed by atoms with Crippen molar-refractivity contribution in [2.75, 3.05) is 18.6 Å². The van der Waals surface area contributed by atoms with Crippen LogP contribution in [0.1, 0.15) is 12.0 Å². The predicted molar refractivity (Wildman–Crippen MR) is 72.5 cm³/mol. The van der Waals surface area contributed by atoms with Gasteiger partial charge < -0.3 is 5.32 Å². The minimum absolute atomic E-state index is 0.198. The largest absolute Gasteiger partial charge is 0.313 e. The number of hydrogen-bond acceptors (Lipinski definition) is 3. The maximum absolute atomic E-state index is 10.9. The average Bonchev–Trinajstić information content (AvgIpc) is 2.22. The molecule has 0 saturated carbocycles. The lowest BCUT2D eigenvalue weighted by Crippen LogP contribution is -2.18. The molecule has 0 aliphatic carbocycles. The molecule has 17 heavy (non-hydrogen) atoms. The number of benzene rings is 1. The molecule has 0 bridgehead atoms. The standard InChI is InChI=1S/C11H15Cl2NO2S/c1-17(15,16)7-3-6-14-8-9-4-2-5-10(12)11(9)13/h2,4-5,14H,3,6-8H2,1H3. The molecule has 3 nitrogen and oxygen atoms in total. The zero-order valence-corrected chi connectivity index (χ0v) is 11.9. The molecule has 0 radical (unpaired) electrons. The molecule has 0 spiro atoms. The summed E-state index contributed by atoms with van der Waals surface area (Å²) in [5, 5.41) is 4.21. The van der Waals surface area contributed by atoms with Gasteiger partial charge in [0.2, 0.25) is 0 Å². The molecule has 0 unspecified atom stereocenters. The van der Waals surface area contributed by atoms with Gasteiger partial charge in [-0.3, -0.25) is 0 Å². The number of nitrogens with one attached hydrogen (secondary N) is 1. The van der Waals surface area contributed by atoms with Gasteiger partial charge in [0.05, 0.1) is 15.8 Å². The molecule has 1 N–H and O–H groups in total. The molecule has 0 aromatic heterocycles. The maximum atomic E-state index is 10.9. The minimum Gasteiger partial charge on any atom is -0.313 e. The van der Waals surface area contributed by atoms with E-state index in [9.17, 15) is 8.42 Å². The normalized spacial score (nSPS) is 11.7. The van der Waals surface area contributed by atoms with E-state index in [0.717, 1.165) is 5.56 Å². The summed E-state index contributed by atoms with van der Waals surface area (Å²) < 4.78 is 21.8. The lowest BCUT2D eigenvalue weighted by atomic mass is 10.2. The third kappa shape index (κ3) is 5.73. The van der Waals surface area contributed by atoms with E-state index in [4.69, 9.17) is 23.2 Å². The second-order valence-corrected chi connectivity index (χ2v) is 6.92. The first-order valence-electron chi connectivity index (χ1n) is 5.21. The molecule has 0 atom stereocenters. The lowest BCUT2D eigenvalue weighted by molar-refractivity contribution is 0.594. The molecule has 96 valence electrons. The van der Waals surface area contributed by atoms with E-state index in [0.29, 0.717) is 29.6 Å². The van der Waals surface area contributed by atoms with Crippen molar-refractivity contribution in [3.8, 4) is 0 Å². The lowest BCUT2D eigenvalue weighted by Gasteiger charge is -2.07. The molecule has 1 rings (SSSR count). The van der Waals surface area contributed by atoms with Crippen LogP contribution < -0.4 is 5.32 Å². The van der Waals surface area contributed by atoms with Crippen molar-refractivity contribution >= 4 is 33.0 Å². The number of hydrogen-bond donors (Lipinski definition) is 1. The monoisotopic (exact) mass is 295 g/mol. The zero-order valence-electron chi connectivity index (χ0n) is 9.54. The van der Waals surface area contributed by atoms with Crippen LogP contribution in [-0.2, 0) is 16.4 Å². The van der Waals surface area contributed by atoms with E-state index < -0.39 is 9.84 Å². The Labute approximate surface area is 112 Å². The van der Waals surface area contributed by atoms with Gasteiger partial charge in [0.15, 0.2) is 0 Å². The summed E-state index contributed by atoms with van der Waals surface area (Å²) in [7, 11) is -2.87. The van der Waals surface area contributed by atoms with Crippen LogP contribution in [0.15, 0.2) is 18.2 Å². The summed E-state index contributed by atoms with van der Waals surface area (Å²) >= 11 is 11.9. The van der Waals surface area contributed by atoms with Gasteiger partial charge in [0.25, 0.3) is 0 Å². The molecule has 1 aromatic carbocycles. The molecule has 0 aliphatic rings. The summed E-state index contributed by atoms with van der Waals surface area (Å²) in [5.74, 6) is 0.198. The van der Waals surface area contributed by atoms with Crippen molar-refractivity contribution in [3.05, 3.63) is 33.8 Å². The van der Waals surface area contributed by atoms with Crippen molar-refractivity contribution in [2.45, 2.75) is 13.0 Å². The summed E-state index contributed by atoms with van der Waals surface area (Å²) in [6.07, 6.45) is 1.83. The highest BCUT2D eigenvalue weighted by Gasteiger charge is 2.04. The van der Waals surface area contributed by atoms with Gasteiger partial charge in [-0.25, -0.2) is 8.42 Å². The molecule has 6 heteroatoms. The molecular formula is C11H15Cl2NO2S. The first-order valence-corrected chi connectivity index (χ1v) is 8.03. The third-order valence-corrected chi connectivity index (χ3v) is 4.10. The highest BCUT2D eigenvalue weighted by Crippen LogP contribution is 2.25. The highest BCUT2D eigenvalue weighted by atomic mass is 35.5. The number of rotatable bonds is 6. The Morgan fingerprint density at radius 2 is 2.00 bits per heavy atom. The van der Waals surface area contributed by atoms with Crippen LogP contribution >= 0.6 is 23.2 Å². The van der Waals surface area contributed by atoms with Gasteiger partial charge in [0.1, 0.15) is 9.84 Å². The Kier molecular flexibility index (Phi) is 5.73. The van der Waals surface area contributed by atoms with Gasteiger partial charge in [-0.05, 0) is 24.6 Å². The number of sulfone groups is 1. The SMILES string of the molecule is CS(=O)(=O)CCCNCc1cccc(Cl)c1Cl. The minimum atomic E-state index is -2.87. The molecule has 0 fully saturated rings. The van der Waals surface area contributed by atoms with E-state index >= 15 is 0 Å². The second-order valence-electron chi connectivity index (χ2n) is 3.87. The van der Waals surface area contributed by atoms with E-state index in [1.807, 2.05) is 12.1 Å². The van der Waals surface area contributed by atoms with E-state index in [-0.39, 0.29) is 5.75 Å². The van der Waals surface area contributed by atoms with Crippen LogP contribution in [0.4, 0.5) is 0 Å². The Hall–Kier alpha value is -0.290. The molecular weight excluding hydrogens is 281 g/mol. The van der Waals surface area contributed by atoms with Gasteiger partial charge in [-0.1, -0.05) is 35.3 Å². The summed E-state index contributed by atoms with van der Waals surface area (Å²) in [6, 6.07) is 5.45. The average molecular weight is 296 g/mol. The fourth-order valence-corrected chi connectivity index (χ4v) is 2.42. The molecule has 0 saturated heterocycles. The third-order valence-electron chi connectivity index (χ3n) is 2.22. The Bertz CT molecular complexity index is 474. The fourth-order valence-electron chi connectivity index (χ4n) is 1.37. The smallest absolute Gasteiger partial charge is 0.147 e. The first kappa shape index (κ1) is 14.8. The van der Waals surface area contributed by atoms with Gasteiger partial charge in [-0.15, -0.1) is 0 Å². The topological polar surface area (TPSA) is 46.2 Å². The van der Waals surface area contributed by atoms with Crippen molar-refractivity contribution in [2.24, 2.45) is 0 Å². The Morgan fingerprint density at radius 3 is 2.65 bits per heavy atom. The predicted octanol–water partition coefficient (Wildman–Crippen LogP) is 2.52. The molecule has 0 heterocycles. The van der Waals surface area contributed by atoms with E-state index in [1.54, 1.807) is 6.07 Å². The fraction of sp³-hybridized carbons (Fsp3) is 0.455. The highest BCUT2D eigenvalue weighted by molar-refractivity contribution is 7.90. The van der Waals surface area contributed by atoms with Crippen LogP contribution in [0.2, 0.25) is 10.0 Å². The summed E-state index contributed by atoms with van der Waals surface area (Å²) in [4.78, 5) is 0. The molecule has 0 amide bonds. The number of halogens is 2. The van der Waals surface area contributed by atoms with E-state index in [2.05, 4.69) is 5.32 Å². The van der Waals surface area contributed by atoms with E-state index in [1.165, 1.54) is 6.26 Å².